The summed E-state index contributed by atoms with van der Waals surface area (Å²) in [5.74, 6) is 0.754. The molecule has 0 unspecified atom stereocenters. The van der Waals surface area contributed by atoms with Gasteiger partial charge < -0.3 is 13.4 Å². The Morgan fingerprint density at radius 2 is 1.36 bits per heavy atom. The van der Waals surface area contributed by atoms with Crippen molar-refractivity contribution in [1.29, 1.82) is 0 Å². The van der Waals surface area contributed by atoms with Crippen molar-refractivity contribution in [3.63, 3.8) is 0 Å². The van der Waals surface area contributed by atoms with E-state index >= 15 is 0 Å². The number of benzene rings is 5. The van der Waals surface area contributed by atoms with Gasteiger partial charge in [-0.3, -0.25) is 4.99 Å². The molecule has 0 saturated carbocycles. The van der Waals surface area contributed by atoms with E-state index in [0.29, 0.717) is 0 Å². The number of hydrogen-bond donors (Lipinski definition) is 0. The van der Waals surface area contributed by atoms with Crippen LogP contribution in [0.4, 0.5) is 0 Å². The van der Waals surface area contributed by atoms with E-state index in [4.69, 9.17) is 8.83 Å². The van der Waals surface area contributed by atoms with Crippen LogP contribution in [0.15, 0.2) is 141 Å². The summed E-state index contributed by atoms with van der Waals surface area (Å²) >= 11 is 0. The van der Waals surface area contributed by atoms with E-state index in [1.54, 1.807) is 0 Å². The van der Waals surface area contributed by atoms with Crippen molar-refractivity contribution in [2.24, 2.45) is 4.99 Å². The second-order valence-corrected chi connectivity index (χ2v) is 10.8. The van der Waals surface area contributed by atoms with E-state index in [1.165, 1.54) is 21.8 Å². The first-order valence-electron chi connectivity index (χ1n) is 14.7. The molecule has 0 aliphatic carbocycles. The lowest BCUT2D eigenvalue weighted by molar-refractivity contribution is 0.590. The second-order valence-electron chi connectivity index (χ2n) is 10.8. The van der Waals surface area contributed by atoms with E-state index in [0.717, 1.165) is 61.2 Å². The number of rotatable bonds is 6. The van der Waals surface area contributed by atoms with Crippen LogP contribution in [0, 0.1) is 0 Å². The van der Waals surface area contributed by atoms with Gasteiger partial charge in [-0.05, 0) is 68.3 Å². The number of nitrogens with zero attached hydrogens (tertiary/aromatic N) is 2. The number of aliphatic imine (C=N–C) groups is 1. The third-order valence-corrected chi connectivity index (χ3v) is 8.26. The van der Waals surface area contributed by atoms with Crippen molar-refractivity contribution in [3.05, 3.63) is 144 Å². The van der Waals surface area contributed by atoms with Crippen LogP contribution in [0.1, 0.15) is 23.8 Å². The van der Waals surface area contributed by atoms with Gasteiger partial charge in [0.05, 0.1) is 16.7 Å². The number of allylic oxidation sites excluding steroid dienone is 3. The van der Waals surface area contributed by atoms with Crippen LogP contribution in [0.2, 0.25) is 0 Å². The molecular formula is C40H28N2O2. The Morgan fingerprint density at radius 1 is 0.682 bits per heavy atom. The monoisotopic (exact) mass is 568 g/mol. The van der Waals surface area contributed by atoms with Crippen molar-refractivity contribution in [2.45, 2.75) is 6.92 Å². The highest BCUT2D eigenvalue weighted by molar-refractivity contribution is 6.16. The van der Waals surface area contributed by atoms with Crippen molar-refractivity contribution in [2.75, 3.05) is 0 Å². The first-order valence-corrected chi connectivity index (χ1v) is 14.7. The average molecular weight is 569 g/mol. The smallest absolute Gasteiger partial charge is 0.178 e. The van der Waals surface area contributed by atoms with Crippen molar-refractivity contribution >= 4 is 79.3 Å². The Morgan fingerprint density at radius 3 is 2.09 bits per heavy atom. The highest BCUT2D eigenvalue weighted by atomic mass is 16.4. The molecule has 0 fully saturated rings. The maximum atomic E-state index is 6.52. The molecular weight excluding hydrogens is 540 g/mol. The predicted octanol–water partition coefficient (Wildman–Crippen LogP) is 11.2. The molecule has 0 saturated heterocycles. The molecule has 0 radical (unpaired) electrons. The molecule has 5 aromatic carbocycles. The third-order valence-electron chi connectivity index (χ3n) is 8.26. The number of para-hydroxylation sites is 2. The molecule has 44 heavy (non-hydrogen) atoms. The number of fused-ring (bicyclic) bond motifs is 8. The Kier molecular flexibility index (Phi) is 6.13. The molecule has 210 valence electrons. The number of aromatic nitrogens is 1. The van der Waals surface area contributed by atoms with Crippen LogP contribution < -0.4 is 0 Å². The van der Waals surface area contributed by atoms with Crippen molar-refractivity contribution in [1.82, 2.24) is 4.57 Å². The molecule has 4 nitrogen and oxygen atoms in total. The molecule has 0 atom stereocenters. The Hall–Kier alpha value is -5.87. The quantitative estimate of drug-likeness (QED) is 0.148. The maximum absolute atomic E-state index is 6.52. The predicted molar refractivity (Wildman–Crippen MR) is 186 cm³/mol. The van der Waals surface area contributed by atoms with Gasteiger partial charge in [0, 0.05) is 43.7 Å². The second kappa shape index (κ2) is 10.4. The summed E-state index contributed by atoms with van der Waals surface area (Å²) in [5.41, 5.74) is 8.57. The fourth-order valence-corrected chi connectivity index (χ4v) is 6.29. The number of furan rings is 2. The van der Waals surface area contributed by atoms with Gasteiger partial charge in [0.2, 0.25) is 0 Å². The van der Waals surface area contributed by atoms with Crippen LogP contribution in [-0.2, 0) is 0 Å². The molecule has 0 bridgehead atoms. The molecule has 0 aliphatic heterocycles. The first kappa shape index (κ1) is 25.8. The Balaban J connectivity index is 1.28. The summed E-state index contributed by atoms with van der Waals surface area (Å²) in [4.78, 5) is 4.21. The summed E-state index contributed by atoms with van der Waals surface area (Å²) in [6.45, 7) is 5.76. The van der Waals surface area contributed by atoms with Crippen LogP contribution in [0.5, 0.6) is 0 Å². The lowest BCUT2D eigenvalue weighted by Crippen LogP contribution is -1.93. The molecule has 8 aromatic rings. The largest absolute Gasteiger partial charge is 0.452 e. The third kappa shape index (κ3) is 4.03. The minimum atomic E-state index is 0.735. The fourth-order valence-electron chi connectivity index (χ4n) is 6.29. The summed E-state index contributed by atoms with van der Waals surface area (Å²) in [6, 6.07) is 37.8. The lowest BCUT2D eigenvalue weighted by atomic mass is 10.1. The van der Waals surface area contributed by atoms with E-state index in [9.17, 15) is 0 Å². The summed E-state index contributed by atoms with van der Waals surface area (Å²) in [6.07, 6.45) is 9.97. The van der Waals surface area contributed by atoms with E-state index in [1.807, 2.05) is 61.6 Å². The van der Waals surface area contributed by atoms with E-state index in [-0.39, 0.29) is 0 Å². The standard InChI is InChI=1S/C40H28N2O2/c1-3-12-30-31-22-23-32-33-25-27(42-35-18-9-7-15-28(35)29-16-8-10-19-36(29)42)21-24-38(33)44-40(32)39(31)43-37(30)20-11-17-34(41-2)26-13-5-4-6-14-26/h3-25H,2H2,1H3/b12-3+,20-11-,34-17-. The number of hydrogen-bond acceptors (Lipinski definition) is 3. The van der Waals surface area contributed by atoms with Crippen LogP contribution in [0.25, 0.3) is 78.3 Å². The zero-order valence-corrected chi connectivity index (χ0v) is 24.2. The van der Waals surface area contributed by atoms with Gasteiger partial charge in [0.1, 0.15) is 11.3 Å². The average Bonchev–Trinajstić information content (AvgIpc) is 3.73. The lowest BCUT2D eigenvalue weighted by Gasteiger charge is -2.07. The Bertz CT molecular complexity index is 2410. The van der Waals surface area contributed by atoms with Crippen LogP contribution in [-0.4, -0.2) is 11.3 Å². The van der Waals surface area contributed by atoms with Gasteiger partial charge in [0.15, 0.2) is 11.2 Å². The highest BCUT2D eigenvalue weighted by Crippen LogP contribution is 2.40. The minimum Gasteiger partial charge on any atom is -0.452 e. The summed E-state index contributed by atoms with van der Waals surface area (Å²) in [7, 11) is 0. The maximum Gasteiger partial charge on any atom is 0.178 e. The summed E-state index contributed by atoms with van der Waals surface area (Å²) < 4.78 is 15.3. The van der Waals surface area contributed by atoms with Gasteiger partial charge >= 0.3 is 0 Å². The molecule has 0 N–H and O–H groups in total. The van der Waals surface area contributed by atoms with Crippen molar-refractivity contribution < 1.29 is 8.83 Å². The molecule has 0 amide bonds. The topological polar surface area (TPSA) is 43.6 Å². The minimum absolute atomic E-state index is 0.735. The SMILES string of the molecule is C=N/C(=C\C=C/c1oc2c(ccc3c4cc(-n5c6ccccc6c6ccccc65)ccc4oc32)c1/C=C/C)c1ccccc1. The highest BCUT2D eigenvalue weighted by Gasteiger charge is 2.19. The molecule has 3 aromatic heterocycles. The first-order chi connectivity index (χ1) is 21.7. The zero-order valence-electron chi connectivity index (χ0n) is 24.2. The van der Waals surface area contributed by atoms with Crippen LogP contribution >= 0.6 is 0 Å². The molecule has 4 heteroatoms. The van der Waals surface area contributed by atoms with Gasteiger partial charge in [-0.15, -0.1) is 0 Å². The van der Waals surface area contributed by atoms with Gasteiger partial charge in [-0.1, -0.05) is 85.0 Å². The molecule has 8 rings (SSSR count). The van der Waals surface area contributed by atoms with Gasteiger partial charge in [0.25, 0.3) is 0 Å². The normalized spacial score (nSPS) is 12.7. The fraction of sp³-hybridized carbons (Fsp3) is 0.0250. The van der Waals surface area contributed by atoms with Gasteiger partial charge in [-0.25, -0.2) is 0 Å². The van der Waals surface area contributed by atoms with Gasteiger partial charge in [-0.2, -0.15) is 0 Å². The van der Waals surface area contributed by atoms with E-state index < -0.39 is 0 Å². The Labute approximate surface area is 254 Å². The molecule has 0 aliphatic rings. The van der Waals surface area contributed by atoms with Crippen molar-refractivity contribution in [3.8, 4) is 5.69 Å². The van der Waals surface area contributed by atoms with Crippen LogP contribution in [0.3, 0.4) is 0 Å². The zero-order chi connectivity index (χ0) is 29.6. The molecule has 0 spiro atoms. The van der Waals surface area contributed by atoms with E-state index in [2.05, 4.69) is 101 Å². The molecule has 3 heterocycles. The summed E-state index contributed by atoms with van der Waals surface area (Å²) in [5, 5.41) is 5.56.